The molecule has 6 heteroatoms. The average Bonchev–Trinajstić information content (AvgIpc) is 2.67. The molecule has 0 bridgehead atoms. The molecule has 6 nitrogen and oxygen atoms in total. The zero-order valence-corrected chi connectivity index (χ0v) is 15.2. The lowest BCUT2D eigenvalue weighted by Gasteiger charge is -2.09. The van der Waals surface area contributed by atoms with Crippen molar-refractivity contribution in [2.45, 2.75) is 20.3 Å². The Balaban J connectivity index is 2.11. The van der Waals surface area contributed by atoms with E-state index in [0.717, 1.165) is 11.3 Å². The number of carboxylic acid groups (broad SMARTS) is 1. The number of nitrogens with zero attached hydrogens (tertiary/aromatic N) is 2. The smallest absolute Gasteiger partial charge is 0.337 e. The Morgan fingerprint density at radius 2 is 1.96 bits per heavy atom. The molecule has 0 saturated heterocycles. The molecule has 0 aliphatic rings. The number of para-hydroxylation sites is 1. The van der Waals surface area contributed by atoms with E-state index in [2.05, 4.69) is 4.98 Å². The van der Waals surface area contributed by atoms with Crippen molar-refractivity contribution in [1.82, 2.24) is 9.38 Å². The summed E-state index contributed by atoms with van der Waals surface area (Å²) < 4.78 is 6.90. The second-order valence-corrected chi connectivity index (χ2v) is 5.89. The maximum absolute atomic E-state index is 12.8. The van der Waals surface area contributed by atoms with Gasteiger partial charge in [0.15, 0.2) is 0 Å². The molecule has 0 fully saturated rings. The van der Waals surface area contributed by atoms with Crippen LogP contribution in [0.4, 0.5) is 0 Å². The van der Waals surface area contributed by atoms with E-state index in [1.165, 1.54) is 22.7 Å². The van der Waals surface area contributed by atoms with Crippen LogP contribution in [0.15, 0.2) is 47.4 Å². The Morgan fingerprint density at radius 3 is 2.67 bits per heavy atom. The van der Waals surface area contributed by atoms with Gasteiger partial charge >= 0.3 is 5.97 Å². The van der Waals surface area contributed by atoms with E-state index in [1.807, 2.05) is 44.2 Å². The summed E-state index contributed by atoms with van der Waals surface area (Å²) in [4.78, 5) is 28.5. The molecule has 0 unspecified atom stereocenters. The number of aromatic carboxylic acids is 1. The van der Waals surface area contributed by atoms with Crippen molar-refractivity contribution in [3.63, 3.8) is 0 Å². The van der Waals surface area contributed by atoms with Gasteiger partial charge in [-0.25, -0.2) is 9.78 Å². The van der Waals surface area contributed by atoms with E-state index >= 15 is 0 Å². The van der Waals surface area contributed by atoms with E-state index in [1.54, 1.807) is 6.08 Å². The average molecular weight is 364 g/mol. The summed E-state index contributed by atoms with van der Waals surface area (Å²) >= 11 is 0. The minimum atomic E-state index is -1.08. The summed E-state index contributed by atoms with van der Waals surface area (Å²) in [5.41, 5.74) is 2.17. The normalized spacial score (nSPS) is 11.2. The summed E-state index contributed by atoms with van der Waals surface area (Å²) in [5, 5.41) is 9.14. The Morgan fingerprint density at radius 1 is 1.19 bits per heavy atom. The fourth-order valence-corrected chi connectivity index (χ4v) is 2.86. The van der Waals surface area contributed by atoms with Gasteiger partial charge in [0.05, 0.1) is 17.9 Å². The molecule has 1 aromatic carbocycles. The Bertz CT molecular complexity index is 1080. The predicted octanol–water partition coefficient (Wildman–Crippen LogP) is 3.52. The van der Waals surface area contributed by atoms with E-state index in [0.29, 0.717) is 29.9 Å². The molecule has 0 atom stereocenters. The fraction of sp³-hybridized carbons (Fsp3) is 0.190. The van der Waals surface area contributed by atoms with Crippen LogP contribution in [0, 0.1) is 0 Å². The van der Waals surface area contributed by atoms with Gasteiger partial charge in [-0.05, 0) is 43.7 Å². The molecule has 27 heavy (non-hydrogen) atoms. The summed E-state index contributed by atoms with van der Waals surface area (Å²) in [6.45, 7) is 4.36. The number of hydrogen-bond donors (Lipinski definition) is 1. The summed E-state index contributed by atoms with van der Waals surface area (Å²) in [6.07, 6.45) is 5.46. The van der Waals surface area contributed by atoms with Crippen LogP contribution in [0.5, 0.6) is 5.75 Å². The van der Waals surface area contributed by atoms with E-state index in [9.17, 15) is 9.59 Å². The van der Waals surface area contributed by atoms with Crippen LogP contribution in [0.2, 0.25) is 0 Å². The first-order chi connectivity index (χ1) is 13.0. The highest BCUT2D eigenvalue weighted by molar-refractivity contribution is 5.87. The van der Waals surface area contributed by atoms with Crippen molar-refractivity contribution in [3.05, 3.63) is 75.3 Å². The highest BCUT2D eigenvalue weighted by atomic mass is 16.5. The number of pyridine rings is 1. The van der Waals surface area contributed by atoms with Gasteiger partial charge in [-0.2, -0.15) is 0 Å². The van der Waals surface area contributed by atoms with E-state index < -0.39 is 5.97 Å². The standard InChI is InChI=1S/C21H20N2O4/c1-3-16-17(11-9-14-7-5-6-8-18(14)27-4-2)22-19-12-10-15(21(25)26)13-23(19)20(16)24/h5-13H,3-4H2,1-2H3,(H,25,26). The van der Waals surface area contributed by atoms with Crippen molar-refractivity contribution in [2.75, 3.05) is 6.61 Å². The van der Waals surface area contributed by atoms with Gasteiger partial charge in [0.25, 0.3) is 5.56 Å². The molecule has 2 aromatic heterocycles. The molecule has 0 aliphatic carbocycles. The molecule has 3 aromatic rings. The highest BCUT2D eigenvalue weighted by Crippen LogP contribution is 2.21. The Labute approximate surface area is 156 Å². The van der Waals surface area contributed by atoms with Crippen LogP contribution in [-0.2, 0) is 6.42 Å². The van der Waals surface area contributed by atoms with Gasteiger partial charge in [0.1, 0.15) is 11.4 Å². The lowest BCUT2D eigenvalue weighted by Crippen LogP contribution is -2.22. The van der Waals surface area contributed by atoms with Crippen molar-refractivity contribution in [2.24, 2.45) is 0 Å². The van der Waals surface area contributed by atoms with Crippen LogP contribution in [0.25, 0.3) is 17.8 Å². The van der Waals surface area contributed by atoms with Crippen molar-refractivity contribution in [1.29, 1.82) is 0 Å². The molecular weight excluding hydrogens is 344 g/mol. The zero-order chi connectivity index (χ0) is 19.4. The zero-order valence-electron chi connectivity index (χ0n) is 15.2. The van der Waals surface area contributed by atoms with Gasteiger partial charge < -0.3 is 9.84 Å². The number of aromatic nitrogens is 2. The first kappa shape index (κ1) is 18.4. The van der Waals surface area contributed by atoms with Crippen LogP contribution in [0.1, 0.15) is 41.0 Å². The minimum Gasteiger partial charge on any atom is -0.493 e. The van der Waals surface area contributed by atoms with Crippen molar-refractivity contribution in [3.8, 4) is 5.75 Å². The highest BCUT2D eigenvalue weighted by Gasteiger charge is 2.12. The topological polar surface area (TPSA) is 80.9 Å². The molecule has 0 radical (unpaired) electrons. The minimum absolute atomic E-state index is 0.0439. The molecule has 1 N–H and O–H groups in total. The number of carboxylic acids is 1. The molecule has 2 heterocycles. The second kappa shape index (κ2) is 7.86. The maximum Gasteiger partial charge on any atom is 0.337 e. The SMILES string of the molecule is CCOc1ccccc1C=Cc1nc2ccc(C(=O)O)cn2c(=O)c1CC. The number of carbonyl (C=O) groups is 1. The summed E-state index contributed by atoms with van der Waals surface area (Å²) in [5.74, 6) is -0.323. The number of benzene rings is 1. The number of rotatable bonds is 6. The van der Waals surface area contributed by atoms with Gasteiger partial charge in [-0.15, -0.1) is 0 Å². The van der Waals surface area contributed by atoms with Crippen molar-refractivity contribution >= 4 is 23.8 Å². The first-order valence-electron chi connectivity index (χ1n) is 8.73. The van der Waals surface area contributed by atoms with Gasteiger partial charge in [-0.1, -0.05) is 25.1 Å². The largest absolute Gasteiger partial charge is 0.493 e. The Hall–Kier alpha value is -3.41. The molecule has 0 spiro atoms. The van der Waals surface area contributed by atoms with Crippen LogP contribution in [0.3, 0.4) is 0 Å². The molecule has 138 valence electrons. The third-order valence-corrected chi connectivity index (χ3v) is 4.19. The molecule has 0 aliphatic heterocycles. The molecule has 0 amide bonds. The first-order valence-corrected chi connectivity index (χ1v) is 8.73. The lowest BCUT2D eigenvalue weighted by molar-refractivity contribution is 0.0696. The van der Waals surface area contributed by atoms with E-state index in [4.69, 9.17) is 9.84 Å². The predicted molar refractivity (Wildman–Crippen MR) is 104 cm³/mol. The molecule has 0 saturated carbocycles. The van der Waals surface area contributed by atoms with Crippen molar-refractivity contribution < 1.29 is 14.6 Å². The monoisotopic (exact) mass is 364 g/mol. The molecule has 3 rings (SSSR count). The van der Waals surface area contributed by atoms with Gasteiger partial charge in [0.2, 0.25) is 0 Å². The van der Waals surface area contributed by atoms with Crippen LogP contribution >= 0.6 is 0 Å². The molecular formula is C21H20N2O4. The number of fused-ring (bicyclic) bond motifs is 1. The summed E-state index contributed by atoms with van der Waals surface area (Å²) in [7, 11) is 0. The second-order valence-electron chi connectivity index (χ2n) is 5.89. The quantitative estimate of drug-likeness (QED) is 0.724. The van der Waals surface area contributed by atoms with Crippen LogP contribution < -0.4 is 10.3 Å². The third-order valence-electron chi connectivity index (χ3n) is 4.19. The number of hydrogen-bond acceptors (Lipinski definition) is 4. The fourth-order valence-electron chi connectivity index (χ4n) is 2.86. The van der Waals surface area contributed by atoms with E-state index in [-0.39, 0.29) is 11.1 Å². The Kier molecular flexibility index (Phi) is 5.35. The summed E-state index contributed by atoms with van der Waals surface area (Å²) in [6, 6.07) is 10.6. The van der Waals surface area contributed by atoms with Gasteiger partial charge in [-0.3, -0.25) is 9.20 Å². The van der Waals surface area contributed by atoms with Gasteiger partial charge in [0, 0.05) is 17.3 Å². The van der Waals surface area contributed by atoms with Crippen LogP contribution in [-0.4, -0.2) is 27.1 Å². The maximum atomic E-state index is 12.8. The lowest BCUT2D eigenvalue weighted by atomic mass is 10.1. The number of ether oxygens (including phenoxy) is 1. The third kappa shape index (κ3) is 3.74.